The third-order valence-corrected chi connectivity index (χ3v) is 3.30. The van der Waals surface area contributed by atoms with Gasteiger partial charge in [0.2, 0.25) is 0 Å². The van der Waals surface area contributed by atoms with Crippen LogP contribution in [0.2, 0.25) is 0 Å². The minimum Gasteiger partial charge on any atom is -0.0587 e. The predicted molar refractivity (Wildman–Crippen MR) is 73.8 cm³/mol. The molecule has 0 fully saturated rings. The second-order valence-electron chi connectivity index (χ2n) is 4.28. The minimum atomic E-state index is 1.15. The Labute approximate surface area is 105 Å². The molecule has 0 nitrogen and oxygen atoms in total. The van der Waals surface area contributed by atoms with Gasteiger partial charge in [0.05, 0.1) is 0 Å². The topological polar surface area (TPSA) is 0 Å². The largest absolute Gasteiger partial charge is 0.0587 e. The molecular formula is C15H15Br. The van der Waals surface area contributed by atoms with Gasteiger partial charge < -0.3 is 0 Å². The van der Waals surface area contributed by atoms with Gasteiger partial charge in [0.25, 0.3) is 0 Å². The van der Waals surface area contributed by atoms with E-state index >= 15 is 0 Å². The van der Waals surface area contributed by atoms with Gasteiger partial charge in [-0.3, -0.25) is 0 Å². The van der Waals surface area contributed by atoms with Gasteiger partial charge in [-0.25, -0.2) is 0 Å². The minimum absolute atomic E-state index is 1.15. The molecule has 0 atom stereocenters. The van der Waals surface area contributed by atoms with Crippen LogP contribution in [-0.2, 0) is 0 Å². The summed E-state index contributed by atoms with van der Waals surface area (Å²) in [6.45, 7) is 6.44. The van der Waals surface area contributed by atoms with Gasteiger partial charge in [-0.15, -0.1) is 0 Å². The van der Waals surface area contributed by atoms with Crippen molar-refractivity contribution in [3.8, 4) is 11.1 Å². The SMILES string of the molecule is Cc1ccc(-c2c(C)cc(Br)cc2C)cc1. The molecule has 2 aromatic rings. The first kappa shape index (κ1) is 11.4. The highest BCUT2D eigenvalue weighted by Crippen LogP contribution is 2.30. The second-order valence-corrected chi connectivity index (χ2v) is 5.20. The Morgan fingerprint density at radius 2 is 1.31 bits per heavy atom. The van der Waals surface area contributed by atoms with Gasteiger partial charge in [0, 0.05) is 4.47 Å². The van der Waals surface area contributed by atoms with Gasteiger partial charge in [-0.2, -0.15) is 0 Å². The molecule has 0 aromatic heterocycles. The monoisotopic (exact) mass is 274 g/mol. The van der Waals surface area contributed by atoms with Crippen LogP contribution in [0.5, 0.6) is 0 Å². The van der Waals surface area contributed by atoms with E-state index in [4.69, 9.17) is 0 Å². The lowest BCUT2D eigenvalue weighted by Gasteiger charge is -2.11. The first-order valence-electron chi connectivity index (χ1n) is 5.42. The molecule has 2 aromatic carbocycles. The van der Waals surface area contributed by atoms with Gasteiger partial charge in [0.1, 0.15) is 0 Å². The van der Waals surface area contributed by atoms with Crippen LogP contribution in [0, 0.1) is 20.8 Å². The number of benzene rings is 2. The Balaban J connectivity index is 2.60. The lowest BCUT2D eigenvalue weighted by atomic mass is 9.95. The highest BCUT2D eigenvalue weighted by atomic mass is 79.9. The lowest BCUT2D eigenvalue weighted by Crippen LogP contribution is -1.88. The highest BCUT2D eigenvalue weighted by molar-refractivity contribution is 9.10. The summed E-state index contributed by atoms with van der Waals surface area (Å²) in [6.07, 6.45) is 0. The van der Waals surface area contributed by atoms with Crippen molar-refractivity contribution < 1.29 is 0 Å². The molecule has 2 rings (SSSR count). The van der Waals surface area contributed by atoms with Crippen LogP contribution in [0.15, 0.2) is 40.9 Å². The maximum atomic E-state index is 3.53. The average Bonchev–Trinajstić information content (AvgIpc) is 2.19. The Morgan fingerprint density at radius 3 is 1.81 bits per heavy atom. The van der Waals surface area contributed by atoms with Gasteiger partial charge in [0.15, 0.2) is 0 Å². The Hall–Kier alpha value is -1.08. The van der Waals surface area contributed by atoms with E-state index in [1.807, 2.05) is 0 Å². The number of aryl methyl sites for hydroxylation is 3. The molecule has 16 heavy (non-hydrogen) atoms. The number of rotatable bonds is 1. The fraction of sp³-hybridized carbons (Fsp3) is 0.200. The van der Waals surface area contributed by atoms with Crippen molar-refractivity contribution in [1.82, 2.24) is 0 Å². The quantitative estimate of drug-likeness (QED) is 0.683. The summed E-state index contributed by atoms with van der Waals surface area (Å²) < 4.78 is 1.15. The molecule has 0 aliphatic rings. The van der Waals surface area contributed by atoms with E-state index in [9.17, 15) is 0 Å². The standard InChI is InChI=1S/C15H15Br/c1-10-4-6-13(7-5-10)15-11(2)8-14(16)9-12(15)3/h4-9H,1-3H3. The summed E-state index contributed by atoms with van der Waals surface area (Å²) in [5.74, 6) is 0. The van der Waals surface area contributed by atoms with Crippen molar-refractivity contribution in [2.45, 2.75) is 20.8 Å². The van der Waals surface area contributed by atoms with Crippen molar-refractivity contribution >= 4 is 15.9 Å². The zero-order valence-corrected chi connectivity index (χ0v) is 11.4. The van der Waals surface area contributed by atoms with Crippen LogP contribution in [0.25, 0.3) is 11.1 Å². The maximum absolute atomic E-state index is 3.53. The van der Waals surface area contributed by atoms with E-state index in [0.29, 0.717) is 0 Å². The van der Waals surface area contributed by atoms with E-state index < -0.39 is 0 Å². The first-order valence-corrected chi connectivity index (χ1v) is 6.21. The number of halogens is 1. The van der Waals surface area contributed by atoms with Gasteiger partial charge in [-0.05, 0) is 55.2 Å². The molecule has 0 aliphatic heterocycles. The molecule has 82 valence electrons. The third kappa shape index (κ3) is 2.19. The maximum Gasteiger partial charge on any atom is 0.0180 e. The molecule has 0 radical (unpaired) electrons. The third-order valence-electron chi connectivity index (χ3n) is 2.84. The molecule has 0 saturated heterocycles. The van der Waals surface area contributed by atoms with E-state index in [2.05, 4.69) is 73.1 Å². The van der Waals surface area contributed by atoms with Crippen LogP contribution < -0.4 is 0 Å². The zero-order valence-electron chi connectivity index (χ0n) is 9.84. The summed E-state index contributed by atoms with van der Waals surface area (Å²) in [6, 6.07) is 13.0. The summed E-state index contributed by atoms with van der Waals surface area (Å²) in [5.41, 5.74) is 6.58. The van der Waals surface area contributed by atoms with Crippen molar-refractivity contribution in [2.24, 2.45) is 0 Å². The molecular weight excluding hydrogens is 260 g/mol. The van der Waals surface area contributed by atoms with E-state index in [1.165, 1.54) is 27.8 Å². The predicted octanol–water partition coefficient (Wildman–Crippen LogP) is 5.04. The van der Waals surface area contributed by atoms with Crippen molar-refractivity contribution in [3.05, 3.63) is 57.6 Å². The van der Waals surface area contributed by atoms with E-state index in [0.717, 1.165) is 4.47 Å². The smallest absolute Gasteiger partial charge is 0.0180 e. The molecule has 0 saturated carbocycles. The Bertz CT molecular complexity index is 486. The normalized spacial score (nSPS) is 10.5. The summed E-state index contributed by atoms with van der Waals surface area (Å²) in [4.78, 5) is 0. The second kappa shape index (κ2) is 4.42. The summed E-state index contributed by atoms with van der Waals surface area (Å²) >= 11 is 3.53. The molecule has 0 N–H and O–H groups in total. The van der Waals surface area contributed by atoms with Crippen LogP contribution in [-0.4, -0.2) is 0 Å². The zero-order chi connectivity index (χ0) is 11.7. The van der Waals surface area contributed by atoms with Crippen LogP contribution in [0.1, 0.15) is 16.7 Å². The molecule has 0 amide bonds. The van der Waals surface area contributed by atoms with Gasteiger partial charge >= 0.3 is 0 Å². The lowest BCUT2D eigenvalue weighted by molar-refractivity contribution is 1.35. The average molecular weight is 275 g/mol. The molecule has 0 heterocycles. The van der Waals surface area contributed by atoms with Crippen molar-refractivity contribution in [1.29, 1.82) is 0 Å². The molecule has 0 spiro atoms. The van der Waals surface area contributed by atoms with E-state index in [1.54, 1.807) is 0 Å². The molecule has 0 bridgehead atoms. The number of hydrogen-bond donors (Lipinski definition) is 0. The summed E-state index contributed by atoms with van der Waals surface area (Å²) in [7, 11) is 0. The highest BCUT2D eigenvalue weighted by Gasteiger charge is 2.06. The fourth-order valence-corrected chi connectivity index (χ4v) is 2.77. The van der Waals surface area contributed by atoms with Crippen LogP contribution >= 0.6 is 15.9 Å². The number of hydrogen-bond acceptors (Lipinski definition) is 0. The molecule has 0 aliphatic carbocycles. The van der Waals surface area contributed by atoms with Crippen molar-refractivity contribution in [2.75, 3.05) is 0 Å². The van der Waals surface area contributed by atoms with Crippen molar-refractivity contribution in [3.63, 3.8) is 0 Å². The molecule has 1 heteroatoms. The summed E-state index contributed by atoms with van der Waals surface area (Å²) in [5, 5.41) is 0. The van der Waals surface area contributed by atoms with E-state index in [-0.39, 0.29) is 0 Å². The van der Waals surface area contributed by atoms with Crippen LogP contribution in [0.4, 0.5) is 0 Å². The molecule has 0 unspecified atom stereocenters. The first-order chi connectivity index (χ1) is 7.58. The van der Waals surface area contributed by atoms with Gasteiger partial charge in [-0.1, -0.05) is 45.8 Å². The van der Waals surface area contributed by atoms with Crippen LogP contribution in [0.3, 0.4) is 0 Å². The Morgan fingerprint density at radius 1 is 0.812 bits per heavy atom. The Kier molecular flexibility index (Phi) is 3.15. The fourth-order valence-electron chi connectivity index (χ4n) is 2.09.